The van der Waals surface area contributed by atoms with Gasteiger partial charge in [0.15, 0.2) is 0 Å². The first-order valence-corrected chi connectivity index (χ1v) is 11.9. The average molecular weight is 438 g/mol. The van der Waals surface area contributed by atoms with Crippen LogP contribution in [-0.2, 0) is 16.1 Å². The molecule has 166 valence electrons. The molecule has 2 aliphatic heterocycles. The van der Waals surface area contributed by atoms with Crippen LogP contribution in [0.3, 0.4) is 0 Å². The number of benzene rings is 3. The predicted molar refractivity (Wildman–Crippen MR) is 127 cm³/mol. The Hall–Kier alpha value is -3.40. The summed E-state index contributed by atoms with van der Waals surface area (Å²) in [4.78, 5) is 28.7. The van der Waals surface area contributed by atoms with E-state index < -0.39 is 0 Å². The fourth-order valence-corrected chi connectivity index (χ4v) is 6.20. The van der Waals surface area contributed by atoms with Crippen molar-refractivity contribution in [3.63, 3.8) is 0 Å². The number of ketones is 1. The van der Waals surface area contributed by atoms with Crippen LogP contribution in [0.4, 0.5) is 4.79 Å². The van der Waals surface area contributed by atoms with Gasteiger partial charge in [-0.05, 0) is 53.5 Å². The van der Waals surface area contributed by atoms with Gasteiger partial charge in [-0.1, -0.05) is 78.9 Å². The summed E-state index contributed by atoms with van der Waals surface area (Å²) in [5, 5.41) is 0. The molecule has 4 heteroatoms. The van der Waals surface area contributed by atoms with E-state index in [9.17, 15) is 9.59 Å². The molecule has 6 rings (SSSR count). The van der Waals surface area contributed by atoms with Gasteiger partial charge in [-0.25, -0.2) is 4.79 Å². The fourth-order valence-electron chi connectivity index (χ4n) is 6.20. The van der Waals surface area contributed by atoms with E-state index in [2.05, 4.69) is 24.3 Å². The Kier molecular flexibility index (Phi) is 5.01. The predicted octanol–water partition coefficient (Wildman–Crippen LogP) is 5.95. The molecule has 0 spiro atoms. The van der Waals surface area contributed by atoms with Crippen molar-refractivity contribution in [3.8, 4) is 11.1 Å². The molecule has 2 saturated heterocycles. The lowest BCUT2D eigenvalue weighted by Gasteiger charge is -2.38. The SMILES string of the molecule is O=C(C1CC2CCC(C1)N2C(=O)OCc1ccccc1)C1c2ccccc2-c2ccccc21. The molecule has 2 bridgehead atoms. The standard InChI is InChI=1S/C29H27NO3/c31-28(27-25-12-6-4-10-23(25)24-11-5-7-13-26(24)27)20-16-21-14-15-22(17-20)30(21)29(32)33-18-19-8-2-1-3-9-19/h1-13,20-22,27H,14-18H2. The molecular formula is C29H27NO3. The molecule has 0 aromatic heterocycles. The lowest BCUT2D eigenvalue weighted by molar-refractivity contribution is -0.125. The normalized spacial score (nSPS) is 23.2. The van der Waals surface area contributed by atoms with Gasteiger partial charge >= 0.3 is 6.09 Å². The van der Waals surface area contributed by atoms with E-state index >= 15 is 0 Å². The lowest BCUT2D eigenvalue weighted by Crippen LogP contribution is -2.48. The van der Waals surface area contributed by atoms with Crippen molar-refractivity contribution in [1.29, 1.82) is 0 Å². The van der Waals surface area contributed by atoms with E-state index in [0.717, 1.165) is 42.4 Å². The van der Waals surface area contributed by atoms with Crippen molar-refractivity contribution < 1.29 is 14.3 Å². The summed E-state index contributed by atoms with van der Waals surface area (Å²) >= 11 is 0. The summed E-state index contributed by atoms with van der Waals surface area (Å²) in [5.74, 6) is 0.0878. The Balaban J connectivity index is 1.19. The highest BCUT2D eigenvalue weighted by Gasteiger charge is 2.48. The molecule has 0 radical (unpaired) electrons. The number of carbonyl (C=O) groups is 2. The third-order valence-electron chi connectivity index (χ3n) is 7.67. The zero-order valence-electron chi connectivity index (χ0n) is 18.5. The second-order valence-electron chi connectivity index (χ2n) is 9.51. The minimum absolute atomic E-state index is 0.0233. The molecule has 2 fully saturated rings. The van der Waals surface area contributed by atoms with Crippen molar-refractivity contribution in [2.24, 2.45) is 5.92 Å². The Morgan fingerprint density at radius 2 is 1.30 bits per heavy atom. The molecule has 2 unspecified atom stereocenters. The quantitative estimate of drug-likeness (QED) is 0.507. The average Bonchev–Trinajstić information content (AvgIpc) is 3.33. The first-order valence-electron chi connectivity index (χ1n) is 11.9. The molecule has 1 amide bonds. The minimum atomic E-state index is -0.242. The van der Waals surface area contributed by atoms with Crippen molar-refractivity contribution in [1.82, 2.24) is 4.90 Å². The summed E-state index contributed by atoms with van der Waals surface area (Å²) < 4.78 is 5.64. The molecule has 0 N–H and O–H groups in total. The maximum Gasteiger partial charge on any atom is 0.410 e. The molecule has 2 atom stereocenters. The topological polar surface area (TPSA) is 46.6 Å². The highest BCUT2D eigenvalue weighted by Crippen LogP contribution is 2.48. The van der Waals surface area contributed by atoms with Crippen molar-refractivity contribution in [2.45, 2.75) is 50.3 Å². The molecule has 4 nitrogen and oxygen atoms in total. The summed E-state index contributed by atoms with van der Waals surface area (Å²) in [7, 11) is 0. The number of piperidine rings is 1. The van der Waals surface area contributed by atoms with Crippen LogP contribution in [0.5, 0.6) is 0 Å². The van der Waals surface area contributed by atoms with Crippen LogP contribution < -0.4 is 0 Å². The van der Waals surface area contributed by atoms with E-state index in [0.29, 0.717) is 5.78 Å². The molecule has 2 heterocycles. The molecule has 3 aromatic carbocycles. The number of amides is 1. The molecule has 1 aliphatic carbocycles. The number of hydrogen-bond acceptors (Lipinski definition) is 3. The second-order valence-corrected chi connectivity index (χ2v) is 9.51. The van der Waals surface area contributed by atoms with Gasteiger partial charge < -0.3 is 9.64 Å². The van der Waals surface area contributed by atoms with Gasteiger partial charge in [-0.3, -0.25) is 4.79 Å². The van der Waals surface area contributed by atoms with E-state index in [4.69, 9.17) is 4.74 Å². The van der Waals surface area contributed by atoms with E-state index in [1.807, 2.05) is 59.5 Å². The van der Waals surface area contributed by atoms with Gasteiger partial charge in [0.05, 0.1) is 5.92 Å². The zero-order valence-corrected chi connectivity index (χ0v) is 18.5. The summed E-state index contributed by atoms with van der Waals surface area (Å²) in [5.41, 5.74) is 5.59. The van der Waals surface area contributed by atoms with Crippen LogP contribution in [0.1, 0.15) is 48.3 Å². The third kappa shape index (κ3) is 3.45. The van der Waals surface area contributed by atoms with Crippen LogP contribution in [0.2, 0.25) is 0 Å². The number of rotatable bonds is 4. The van der Waals surface area contributed by atoms with Crippen LogP contribution in [0, 0.1) is 5.92 Å². The van der Waals surface area contributed by atoms with Gasteiger partial charge in [0.25, 0.3) is 0 Å². The van der Waals surface area contributed by atoms with E-state index in [1.54, 1.807) is 0 Å². The van der Waals surface area contributed by atoms with Gasteiger partial charge in [0.1, 0.15) is 12.4 Å². The first-order chi connectivity index (χ1) is 16.2. The van der Waals surface area contributed by atoms with Crippen molar-refractivity contribution in [2.75, 3.05) is 0 Å². The molecule has 3 aromatic rings. The highest BCUT2D eigenvalue weighted by molar-refractivity contribution is 5.98. The van der Waals surface area contributed by atoms with Crippen LogP contribution in [-0.4, -0.2) is 28.9 Å². The van der Waals surface area contributed by atoms with Gasteiger partial charge in [-0.2, -0.15) is 0 Å². The Bertz CT molecular complexity index is 1140. The Morgan fingerprint density at radius 3 is 1.91 bits per heavy atom. The Labute approximate surface area is 194 Å². The van der Waals surface area contributed by atoms with Gasteiger partial charge in [0.2, 0.25) is 0 Å². The Morgan fingerprint density at radius 1 is 0.758 bits per heavy atom. The first kappa shape index (κ1) is 20.2. The summed E-state index contributed by atoms with van der Waals surface area (Å²) in [6, 6.07) is 26.5. The highest BCUT2D eigenvalue weighted by atomic mass is 16.6. The summed E-state index contributed by atoms with van der Waals surface area (Å²) in [6.45, 7) is 0.285. The van der Waals surface area contributed by atoms with Crippen LogP contribution in [0.15, 0.2) is 78.9 Å². The van der Waals surface area contributed by atoms with Gasteiger partial charge in [0, 0.05) is 18.0 Å². The molecular weight excluding hydrogens is 410 g/mol. The number of carbonyl (C=O) groups excluding carboxylic acids is 2. The lowest BCUT2D eigenvalue weighted by atomic mass is 9.79. The van der Waals surface area contributed by atoms with Gasteiger partial charge in [-0.15, -0.1) is 0 Å². The maximum absolute atomic E-state index is 13.9. The smallest absolute Gasteiger partial charge is 0.410 e. The molecule has 3 aliphatic rings. The monoisotopic (exact) mass is 437 g/mol. The second kappa shape index (κ2) is 8.18. The number of fused-ring (bicyclic) bond motifs is 5. The van der Waals surface area contributed by atoms with Crippen molar-refractivity contribution in [3.05, 3.63) is 95.6 Å². The largest absolute Gasteiger partial charge is 0.445 e. The molecule has 0 saturated carbocycles. The number of Topliss-reactive ketones (excluding diaryl/α,β-unsaturated/α-hetero) is 1. The number of ether oxygens (including phenoxy) is 1. The van der Waals surface area contributed by atoms with Crippen LogP contribution in [0.25, 0.3) is 11.1 Å². The fraction of sp³-hybridized carbons (Fsp3) is 0.310. The van der Waals surface area contributed by atoms with E-state index in [-0.39, 0.29) is 36.6 Å². The number of nitrogens with zero attached hydrogens (tertiary/aromatic N) is 1. The zero-order chi connectivity index (χ0) is 22.4. The minimum Gasteiger partial charge on any atom is -0.445 e. The summed E-state index contributed by atoms with van der Waals surface area (Å²) in [6.07, 6.45) is 3.13. The number of hydrogen-bond donors (Lipinski definition) is 0. The van der Waals surface area contributed by atoms with E-state index in [1.165, 1.54) is 11.1 Å². The van der Waals surface area contributed by atoms with Crippen LogP contribution >= 0.6 is 0 Å². The maximum atomic E-state index is 13.9. The van der Waals surface area contributed by atoms with Crippen molar-refractivity contribution >= 4 is 11.9 Å². The third-order valence-corrected chi connectivity index (χ3v) is 7.67. The molecule has 33 heavy (non-hydrogen) atoms.